The second kappa shape index (κ2) is 8.34. The van der Waals surface area contributed by atoms with Crippen LogP contribution in [0.1, 0.15) is 51.9 Å². The molecule has 0 aromatic rings. The number of nitrogens with one attached hydrogen (secondary N) is 2. The lowest BCUT2D eigenvalue weighted by Gasteiger charge is -2.33. The van der Waals surface area contributed by atoms with Gasteiger partial charge in [-0.25, -0.2) is 0 Å². The van der Waals surface area contributed by atoms with Crippen molar-refractivity contribution < 1.29 is 5.11 Å². The van der Waals surface area contributed by atoms with Crippen LogP contribution in [0.5, 0.6) is 0 Å². The normalized spacial score (nSPS) is 31.5. The topological polar surface area (TPSA) is 59.9 Å². The number of likely N-dealkylation sites (tertiary alicyclic amines) is 1. The first-order chi connectivity index (χ1) is 10.6. The fraction of sp³-hybridized carbons (Fsp3) is 0.941. The van der Waals surface area contributed by atoms with Crippen LogP contribution in [0.2, 0.25) is 0 Å². The molecule has 0 aromatic heterocycles. The molecule has 3 N–H and O–H groups in total. The molecule has 2 unspecified atom stereocenters. The molecule has 5 nitrogen and oxygen atoms in total. The first kappa shape index (κ1) is 19.2. The van der Waals surface area contributed by atoms with Crippen molar-refractivity contribution in [3.63, 3.8) is 0 Å². The van der Waals surface area contributed by atoms with Crippen molar-refractivity contribution in [2.75, 3.05) is 26.7 Å². The monoisotopic (exact) mass is 436 g/mol. The fourth-order valence-electron chi connectivity index (χ4n) is 3.94. The second-order valence-electron chi connectivity index (χ2n) is 7.62. The summed E-state index contributed by atoms with van der Waals surface area (Å²) in [7, 11) is 1.82. The van der Waals surface area contributed by atoms with Crippen molar-refractivity contribution in [1.29, 1.82) is 0 Å². The molecule has 0 amide bonds. The van der Waals surface area contributed by atoms with E-state index < -0.39 is 5.60 Å². The van der Waals surface area contributed by atoms with E-state index in [2.05, 4.69) is 27.4 Å². The largest absolute Gasteiger partial charge is 0.388 e. The van der Waals surface area contributed by atoms with Crippen LogP contribution in [0.4, 0.5) is 0 Å². The number of nitrogens with zero attached hydrogens (tertiary/aromatic N) is 2. The summed E-state index contributed by atoms with van der Waals surface area (Å²) in [5.41, 5.74) is -0.544. The van der Waals surface area contributed by atoms with E-state index in [4.69, 9.17) is 0 Å². The highest BCUT2D eigenvalue weighted by atomic mass is 127. The smallest absolute Gasteiger partial charge is 0.191 e. The average molecular weight is 436 g/mol. The van der Waals surface area contributed by atoms with E-state index in [1.165, 1.54) is 25.8 Å². The Labute approximate surface area is 157 Å². The number of halogens is 1. The number of rotatable bonds is 4. The quantitative estimate of drug-likeness (QED) is 0.358. The minimum absolute atomic E-state index is 0. The Morgan fingerprint density at radius 2 is 1.91 bits per heavy atom. The highest BCUT2D eigenvalue weighted by molar-refractivity contribution is 14.0. The maximum atomic E-state index is 10.6. The number of hydrogen-bond acceptors (Lipinski definition) is 3. The third-order valence-corrected chi connectivity index (χ3v) is 5.62. The molecule has 1 heterocycles. The lowest BCUT2D eigenvalue weighted by atomic mass is 9.85. The molecule has 6 heteroatoms. The van der Waals surface area contributed by atoms with Crippen LogP contribution in [0.3, 0.4) is 0 Å². The Morgan fingerprint density at radius 3 is 2.52 bits per heavy atom. The summed E-state index contributed by atoms with van der Waals surface area (Å²) in [4.78, 5) is 6.97. The lowest BCUT2D eigenvalue weighted by Crippen LogP contribution is -2.51. The van der Waals surface area contributed by atoms with Crippen LogP contribution in [-0.2, 0) is 0 Å². The van der Waals surface area contributed by atoms with E-state index in [1.54, 1.807) is 0 Å². The fourth-order valence-corrected chi connectivity index (χ4v) is 3.94. The van der Waals surface area contributed by atoms with E-state index in [-0.39, 0.29) is 24.0 Å². The molecule has 0 radical (unpaired) electrons. The van der Waals surface area contributed by atoms with E-state index in [1.807, 2.05) is 7.05 Å². The Hall–Kier alpha value is -0.0800. The van der Waals surface area contributed by atoms with Crippen LogP contribution in [0, 0.1) is 5.92 Å². The molecular weight excluding hydrogens is 403 g/mol. The van der Waals surface area contributed by atoms with Gasteiger partial charge in [0.05, 0.1) is 5.60 Å². The molecule has 2 atom stereocenters. The predicted octanol–water partition coefficient (Wildman–Crippen LogP) is 1.95. The Bertz CT molecular complexity index is 407. The number of aliphatic imine (C=N–C) groups is 1. The Balaban J connectivity index is 0.00000192. The van der Waals surface area contributed by atoms with Gasteiger partial charge in [0.2, 0.25) is 0 Å². The minimum atomic E-state index is -0.544. The standard InChI is InChI=1S/C17H32N4O.HI/c1-13-10-21(14-6-7-14)11-15(13)20-16(18-2)19-12-17(22)8-4-3-5-9-17;/h13-15,22H,3-12H2,1-2H3,(H2,18,19,20);1H. The van der Waals surface area contributed by atoms with Crippen LogP contribution >= 0.6 is 24.0 Å². The molecule has 0 spiro atoms. The van der Waals surface area contributed by atoms with Crippen molar-refractivity contribution in [2.45, 2.75) is 69.6 Å². The van der Waals surface area contributed by atoms with Gasteiger partial charge in [0.1, 0.15) is 0 Å². The summed E-state index contributed by atoms with van der Waals surface area (Å²) in [6.45, 7) is 5.25. The van der Waals surface area contributed by atoms with Gasteiger partial charge in [-0.05, 0) is 31.6 Å². The summed E-state index contributed by atoms with van der Waals surface area (Å²) in [5, 5.41) is 17.5. The van der Waals surface area contributed by atoms with Gasteiger partial charge in [-0.2, -0.15) is 0 Å². The maximum absolute atomic E-state index is 10.6. The zero-order valence-electron chi connectivity index (χ0n) is 14.6. The molecule has 3 rings (SSSR count). The van der Waals surface area contributed by atoms with Gasteiger partial charge < -0.3 is 15.7 Å². The lowest BCUT2D eigenvalue weighted by molar-refractivity contribution is 0.00855. The van der Waals surface area contributed by atoms with E-state index in [0.29, 0.717) is 18.5 Å². The molecule has 1 saturated heterocycles. The minimum Gasteiger partial charge on any atom is -0.388 e. The van der Waals surface area contributed by atoms with Gasteiger partial charge in [0.25, 0.3) is 0 Å². The number of guanidine groups is 1. The van der Waals surface area contributed by atoms with Gasteiger partial charge in [-0.1, -0.05) is 26.2 Å². The molecule has 2 aliphatic carbocycles. The van der Waals surface area contributed by atoms with Crippen LogP contribution in [-0.4, -0.2) is 60.3 Å². The highest BCUT2D eigenvalue weighted by Crippen LogP contribution is 2.31. The summed E-state index contributed by atoms with van der Waals surface area (Å²) in [6.07, 6.45) is 8.10. The molecule has 134 valence electrons. The molecule has 3 fully saturated rings. The molecule has 0 bridgehead atoms. The third-order valence-electron chi connectivity index (χ3n) is 5.62. The molecule has 23 heavy (non-hydrogen) atoms. The Kier molecular flexibility index (Phi) is 6.98. The number of aliphatic hydroxyl groups is 1. The second-order valence-corrected chi connectivity index (χ2v) is 7.62. The molecule has 1 aliphatic heterocycles. The van der Waals surface area contributed by atoms with Crippen LogP contribution in [0.25, 0.3) is 0 Å². The van der Waals surface area contributed by atoms with Crippen LogP contribution in [0.15, 0.2) is 4.99 Å². The first-order valence-electron chi connectivity index (χ1n) is 9.03. The molecule has 2 saturated carbocycles. The van der Waals surface area contributed by atoms with Gasteiger partial charge in [-0.15, -0.1) is 24.0 Å². The summed E-state index contributed by atoms with van der Waals surface area (Å²) >= 11 is 0. The summed E-state index contributed by atoms with van der Waals surface area (Å²) in [6, 6.07) is 1.31. The van der Waals surface area contributed by atoms with Gasteiger partial charge >= 0.3 is 0 Å². The van der Waals surface area contributed by atoms with Crippen molar-refractivity contribution in [3.05, 3.63) is 0 Å². The van der Waals surface area contributed by atoms with E-state index >= 15 is 0 Å². The predicted molar refractivity (Wildman–Crippen MR) is 105 cm³/mol. The van der Waals surface area contributed by atoms with E-state index in [9.17, 15) is 5.11 Å². The number of hydrogen-bond donors (Lipinski definition) is 3. The zero-order chi connectivity index (χ0) is 15.6. The van der Waals surface area contributed by atoms with Crippen molar-refractivity contribution in [2.24, 2.45) is 10.9 Å². The summed E-state index contributed by atoms with van der Waals surface area (Å²) < 4.78 is 0. The Morgan fingerprint density at radius 1 is 1.22 bits per heavy atom. The highest BCUT2D eigenvalue weighted by Gasteiger charge is 2.38. The van der Waals surface area contributed by atoms with Gasteiger partial charge in [0, 0.05) is 38.8 Å². The first-order valence-corrected chi connectivity index (χ1v) is 9.03. The third kappa shape index (κ3) is 5.19. The SMILES string of the molecule is CN=C(NCC1(O)CCCCC1)NC1CN(C2CC2)CC1C.I. The molecule has 3 aliphatic rings. The van der Waals surface area contributed by atoms with Crippen molar-refractivity contribution >= 4 is 29.9 Å². The maximum Gasteiger partial charge on any atom is 0.191 e. The van der Waals surface area contributed by atoms with Crippen molar-refractivity contribution in [1.82, 2.24) is 15.5 Å². The average Bonchev–Trinajstić information content (AvgIpc) is 3.29. The molecule has 0 aromatic carbocycles. The summed E-state index contributed by atoms with van der Waals surface area (Å²) in [5.74, 6) is 1.49. The molecular formula is C17H33IN4O. The van der Waals surface area contributed by atoms with E-state index in [0.717, 1.165) is 44.2 Å². The van der Waals surface area contributed by atoms with Gasteiger partial charge in [0.15, 0.2) is 5.96 Å². The zero-order valence-corrected chi connectivity index (χ0v) is 16.9. The van der Waals surface area contributed by atoms with Crippen molar-refractivity contribution in [3.8, 4) is 0 Å². The van der Waals surface area contributed by atoms with Gasteiger partial charge in [-0.3, -0.25) is 9.89 Å². The van der Waals surface area contributed by atoms with Crippen LogP contribution < -0.4 is 10.6 Å².